The van der Waals surface area contributed by atoms with Crippen molar-refractivity contribution in [2.45, 2.75) is 82.6 Å². The van der Waals surface area contributed by atoms with Crippen LogP contribution < -0.4 is 19.3 Å². The van der Waals surface area contributed by atoms with E-state index >= 15 is 17.6 Å². The Morgan fingerprint density at radius 3 is 1.95 bits per heavy atom. The molecular weight excluding hydrogens is 808 g/mol. The number of aryl methyl sites for hydroxylation is 1. The first-order valence-corrected chi connectivity index (χ1v) is 20.7. The molecule has 2 aromatic heterocycles. The Hall–Kier alpha value is -5.02. The van der Waals surface area contributed by atoms with E-state index in [-0.39, 0.29) is 57.6 Å². The highest BCUT2D eigenvalue weighted by Crippen LogP contribution is 2.46. The van der Waals surface area contributed by atoms with Crippen LogP contribution in [0.2, 0.25) is 5.02 Å². The van der Waals surface area contributed by atoms with E-state index in [1.165, 1.54) is 30.8 Å². The van der Waals surface area contributed by atoms with Crippen molar-refractivity contribution in [3.05, 3.63) is 93.8 Å². The van der Waals surface area contributed by atoms with E-state index in [1.807, 2.05) is 54.8 Å². The number of ether oxygens (including phenoxy) is 3. The summed E-state index contributed by atoms with van der Waals surface area (Å²) in [5, 5.41) is 0.181. The number of amides is 1. The zero-order valence-electron chi connectivity index (χ0n) is 33.8. The highest BCUT2D eigenvalue weighted by atomic mass is 35.5. The Balaban J connectivity index is 1.34. The molecule has 2 bridgehead atoms. The third-order valence-electron chi connectivity index (χ3n) is 10.5. The summed E-state index contributed by atoms with van der Waals surface area (Å²) in [5.74, 6) is 0.809. The van der Waals surface area contributed by atoms with Gasteiger partial charge in [-0.05, 0) is 99.9 Å². The number of pyridine rings is 1. The average molecular weight is 853 g/mol. The van der Waals surface area contributed by atoms with Crippen molar-refractivity contribution in [2.75, 3.05) is 43.4 Å². The van der Waals surface area contributed by atoms with E-state index in [4.69, 9.17) is 30.8 Å². The molecule has 10 nitrogen and oxygen atoms in total. The van der Waals surface area contributed by atoms with E-state index in [0.29, 0.717) is 30.4 Å². The summed E-state index contributed by atoms with van der Waals surface area (Å²) in [6.07, 6.45) is -2.08. The van der Waals surface area contributed by atoms with E-state index in [2.05, 4.69) is 9.97 Å². The minimum Gasteiger partial charge on any atom is -0.497 e. The first-order valence-electron chi connectivity index (χ1n) is 19.1. The number of anilines is 2. The van der Waals surface area contributed by atoms with Crippen molar-refractivity contribution in [3.63, 3.8) is 0 Å². The molecule has 2 aliphatic rings. The average Bonchev–Trinajstić information content (AvgIpc) is 3.45. The van der Waals surface area contributed by atoms with Crippen LogP contribution in [-0.2, 0) is 24.0 Å². The van der Waals surface area contributed by atoms with E-state index in [0.717, 1.165) is 24.0 Å². The maximum atomic E-state index is 17.3. The normalized spacial score (nSPS) is 16.7. The highest BCUT2D eigenvalue weighted by Gasteiger charge is 2.45. The standard InChI is InChI=1S/C43H45ClF4N6O4S/c1-24-18-33(52(20-25-8-14-29(56-5)15-9-25)21-26-10-16-30(57-6)17-11-26)49-38(35(24)43(46,47)48)34-32(44)19-31-37(36(34)45)50-40(59-7)51-39(31)53-22-27-12-13-28(23-53)54(27)41(55)58-42(2,3)4/h8-11,14-19,27-28H,12-13,20-23H2,1-7H3/t27-,28+. The lowest BCUT2D eigenvalue weighted by Gasteiger charge is -2.42. The van der Waals surface area contributed by atoms with E-state index in [1.54, 1.807) is 49.6 Å². The van der Waals surface area contributed by atoms with Crippen LogP contribution in [0, 0.1) is 12.7 Å². The van der Waals surface area contributed by atoms with Gasteiger partial charge in [0.25, 0.3) is 0 Å². The predicted molar refractivity (Wildman–Crippen MR) is 222 cm³/mol. The molecule has 16 heteroatoms. The van der Waals surface area contributed by atoms with Gasteiger partial charge in [-0.3, -0.25) is 4.90 Å². The minimum atomic E-state index is -4.92. The second kappa shape index (κ2) is 16.6. The maximum absolute atomic E-state index is 17.3. The van der Waals surface area contributed by atoms with Gasteiger partial charge in [0, 0.05) is 31.6 Å². The zero-order valence-corrected chi connectivity index (χ0v) is 35.4. The second-order valence-electron chi connectivity index (χ2n) is 15.7. The molecule has 3 aromatic carbocycles. The molecule has 312 valence electrons. The quantitative estimate of drug-likeness (QED) is 0.0768. The van der Waals surface area contributed by atoms with Crippen LogP contribution >= 0.6 is 23.4 Å². The van der Waals surface area contributed by atoms with Gasteiger partial charge < -0.3 is 24.0 Å². The van der Waals surface area contributed by atoms with Gasteiger partial charge in [0.05, 0.1) is 48.1 Å². The minimum absolute atomic E-state index is 0.158. The molecule has 4 heterocycles. The van der Waals surface area contributed by atoms with Crippen LogP contribution in [0.5, 0.6) is 11.5 Å². The summed E-state index contributed by atoms with van der Waals surface area (Å²) in [4.78, 5) is 32.6. The van der Waals surface area contributed by atoms with Crippen LogP contribution in [0.4, 0.5) is 34.0 Å². The molecule has 5 aromatic rings. The molecule has 0 spiro atoms. The Kier molecular flexibility index (Phi) is 11.8. The van der Waals surface area contributed by atoms with Crippen LogP contribution in [0.3, 0.4) is 0 Å². The number of methoxy groups -OCH3 is 2. The smallest absolute Gasteiger partial charge is 0.418 e. The Labute approximate surface area is 349 Å². The summed E-state index contributed by atoms with van der Waals surface area (Å²) >= 11 is 8.09. The number of hydrogen-bond acceptors (Lipinski definition) is 10. The summed E-state index contributed by atoms with van der Waals surface area (Å²) in [6, 6.07) is 17.1. The molecule has 7 rings (SSSR count). The number of piperazine rings is 1. The fourth-order valence-electron chi connectivity index (χ4n) is 7.87. The van der Waals surface area contributed by atoms with Crippen molar-refractivity contribution in [3.8, 4) is 22.8 Å². The molecule has 0 unspecified atom stereocenters. The number of carbonyl (C=O) groups is 1. The van der Waals surface area contributed by atoms with E-state index < -0.39 is 40.5 Å². The maximum Gasteiger partial charge on any atom is 0.418 e. The lowest BCUT2D eigenvalue weighted by Crippen LogP contribution is -2.57. The van der Waals surface area contributed by atoms with Crippen molar-refractivity contribution < 1.29 is 36.6 Å². The van der Waals surface area contributed by atoms with Gasteiger partial charge in [-0.2, -0.15) is 13.2 Å². The molecule has 2 saturated heterocycles. The third-order valence-corrected chi connectivity index (χ3v) is 11.4. The van der Waals surface area contributed by atoms with Gasteiger partial charge in [0.15, 0.2) is 11.0 Å². The molecule has 0 N–H and O–H groups in total. The number of carbonyl (C=O) groups excluding carboxylic acids is 1. The number of aromatic nitrogens is 3. The first-order chi connectivity index (χ1) is 28.0. The monoisotopic (exact) mass is 852 g/mol. The molecule has 59 heavy (non-hydrogen) atoms. The molecule has 0 saturated carbocycles. The number of alkyl halides is 3. The number of thioether (sulfide) groups is 1. The topological polar surface area (TPSA) is 93.2 Å². The molecule has 1 amide bonds. The second-order valence-corrected chi connectivity index (χ2v) is 16.9. The van der Waals surface area contributed by atoms with E-state index in [9.17, 15) is 4.79 Å². The zero-order chi connectivity index (χ0) is 42.4. The van der Waals surface area contributed by atoms with Crippen molar-refractivity contribution in [2.24, 2.45) is 0 Å². The number of hydrogen-bond donors (Lipinski definition) is 0. The Morgan fingerprint density at radius 2 is 1.46 bits per heavy atom. The number of benzene rings is 3. The van der Waals surface area contributed by atoms with Crippen LogP contribution in [-0.4, -0.2) is 77.2 Å². The number of nitrogens with zero attached hydrogens (tertiary/aromatic N) is 6. The van der Waals surface area contributed by atoms with Crippen molar-refractivity contribution in [1.29, 1.82) is 0 Å². The van der Waals surface area contributed by atoms with Gasteiger partial charge in [-0.1, -0.05) is 47.6 Å². The lowest BCUT2D eigenvalue weighted by molar-refractivity contribution is -0.137. The Bertz CT molecular complexity index is 2300. The van der Waals surface area contributed by atoms with Crippen molar-refractivity contribution >= 4 is 52.0 Å². The summed E-state index contributed by atoms with van der Waals surface area (Å²) < 4.78 is 79.0. The Morgan fingerprint density at radius 1 is 0.898 bits per heavy atom. The largest absolute Gasteiger partial charge is 0.497 e. The first kappa shape index (κ1) is 42.1. The summed E-state index contributed by atoms with van der Waals surface area (Å²) in [6.45, 7) is 8.05. The molecular formula is C43H45ClF4N6O4S. The van der Waals surface area contributed by atoms with Crippen LogP contribution in [0.1, 0.15) is 55.9 Å². The van der Waals surface area contributed by atoms with Gasteiger partial charge in [-0.25, -0.2) is 24.1 Å². The van der Waals surface area contributed by atoms with Gasteiger partial charge in [0.2, 0.25) is 0 Å². The van der Waals surface area contributed by atoms with Gasteiger partial charge in [0.1, 0.15) is 34.3 Å². The third kappa shape index (κ3) is 8.82. The van der Waals surface area contributed by atoms with Gasteiger partial charge in [-0.15, -0.1) is 0 Å². The number of rotatable bonds is 10. The predicted octanol–water partition coefficient (Wildman–Crippen LogP) is 10.3. The number of fused-ring (bicyclic) bond motifs is 3. The molecule has 2 aliphatic heterocycles. The highest BCUT2D eigenvalue weighted by molar-refractivity contribution is 7.98. The molecule has 0 aliphatic carbocycles. The van der Waals surface area contributed by atoms with Gasteiger partial charge >= 0.3 is 12.3 Å². The number of halogens is 5. The SMILES string of the molecule is COc1ccc(CN(Cc2ccc(OC)cc2)c2cc(C)c(C(F)(F)F)c(-c3c(Cl)cc4c(N5C[C@H]6CC[C@@H](C5)N6C(=O)OC(C)(C)C)nc(SC)nc4c3F)n2)cc1. The molecule has 2 fully saturated rings. The summed E-state index contributed by atoms with van der Waals surface area (Å²) in [5.41, 5.74) is -1.61. The molecule has 2 atom stereocenters. The summed E-state index contributed by atoms with van der Waals surface area (Å²) in [7, 11) is 3.12. The van der Waals surface area contributed by atoms with Crippen LogP contribution in [0.15, 0.2) is 65.8 Å². The fourth-order valence-corrected chi connectivity index (χ4v) is 8.52. The van der Waals surface area contributed by atoms with Crippen LogP contribution in [0.25, 0.3) is 22.2 Å². The fraction of sp³-hybridized carbons (Fsp3) is 0.395. The lowest BCUT2D eigenvalue weighted by atomic mass is 9.98. The van der Waals surface area contributed by atoms with Crippen molar-refractivity contribution in [1.82, 2.24) is 19.9 Å². The molecule has 0 radical (unpaired) electrons.